The van der Waals surface area contributed by atoms with Gasteiger partial charge in [-0.05, 0) is 49.1 Å². The van der Waals surface area contributed by atoms with Crippen molar-refractivity contribution in [3.8, 4) is 22.5 Å². The molecule has 4 aromatic rings. The van der Waals surface area contributed by atoms with Gasteiger partial charge in [0, 0.05) is 54.7 Å². The van der Waals surface area contributed by atoms with Gasteiger partial charge < -0.3 is 64.8 Å². The van der Waals surface area contributed by atoms with E-state index in [0.717, 1.165) is 18.5 Å². The van der Waals surface area contributed by atoms with Crippen molar-refractivity contribution in [2.24, 2.45) is 0 Å². The molecular weight excluding hydrogens is 1120 g/mol. The number of aliphatic hydroxyl groups excluding tert-OH is 2. The van der Waals surface area contributed by atoms with E-state index in [9.17, 15) is 74.1 Å². The number of nitrogens with one attached hydrogen (secondary N) is 1. The maximum Gasteiger partial charge on any atom is 0.479 e. The number of fused-ring (bicyclic) bond motifs is 3. The quantitative estimate of drug-likeness (QED) is 0.0131. The fourth-order valence-electron chi connectivity index (χ4n) is 8.39. The Morgan fingerprint density at radius 3 is 2.32 bits per heavy atom. The van der Waals surface area contributed by atoms with Crippen LogP contribution < -0.4 is 27.6 Å². The van der Waals surface area contributed by atoms with Gasteiger partial charge in [-0.25, -0.2) is 32.2 Å². The Labute approximate surface area is 437 Å². The predicted octanol–water partition coefficient (Wildman–Crippen LogP) is 0.646. The highest BCUT2D eigenvalue weighted by Crippen LogP contribution is 2.66. The van der Waals surface area contributed by atoms with Crippen LogP contribution in [0.15, 0.2) is 75.4 Å². The van der Waals surface area contributed by atoms with Crippen molar-refractivity contribution in [2.75, 3.05) is 50.7 Å². The van der Waals surface area contributed by atoms with E-state index in [4.69, 9.17) is 35.1 Å². The first-order valence-corrected chi connectivity index (χ1v) is 30.7. The van der Waals surface area contributed by atoms with Crippen LogP contribution in [0.5, 0.6) is 0 Å². The molecule has 418 valence electrons. The van der Waals surface area contributed by atoms with Gasteiger partial charge in [-0.1, -0.05) is 31.0 Å². The molecule has 1 aliphatic carbocycles. The van der Waals surface area contributed by atoms with Gasteiger partial charge in [-0.15, -0.1) is 0 Å². The fourth-order valence-corrected chi connectivity index (χ4v) is 14.9. The zero-order valence-electron chi connectivity index (χ0n) is 40.3. The zero-order valence-corrected chi connectivity index (χ0v) is 44.6. The molecule has 2 aromatic heterocycles. The Morgan fingerprint density at radius 2 is 1.61 bits per heavy atom. The van der Waals surface area contributed by atoms with E-state index in [0.29, 0.717) is 19.3 Å². The van der Waals surface area contributed by atoms with Crippen molar-refractivity contribution in [3.05, 3.63) is 72.1 Å². The van der Waals surface area contributed by atoms with Crippen LogP contribution in [0.4, 0.5) is 11.5 Å². The standard InChI is InChI=1S/C42H52N9O21P3S2/c1-50(41(55)24-10-5-4-9-23(24)31-25-12-14-27(43)37(76(62,63)64)35(25)71-36-26(31)13-15-28(44)38(36)77(65,66)67)17-8-11-30(52)46-16-6-2-3-7-18-68-73(56,57)22-74(58,59)72-75(60,61)69-19-29-33(53)34(54)42(70-29)51-21-49-32-39(45)47-20-48-40(32)51/h4-5,9-10,12-15,20-21,29,33-34,42-43,53-54H,2-3,6-8,11,16-19,22,44H2,1H3,(H,46,52)(H,56,57)(H,58,59)(H,60,61)(H2,45,47,48)(H,62,63,64)(H,65,66,67)/t29-,33-,34-,42-/m1/s1. The smallest absolute Gasteiger partial charge is 0.479 e. The maximum absolute atomic E-state index is 14.0. The number of nitrogens with two attached hydrogens (primary N) is 3. The molecule has 7 rings (SSSR count). The largest absolute Gasteiger partial charge is 0.744 e. The SMILES string of the molecule is CN(CCCC(=O)NCCCCCCOP(=O)(O)CP(=O)(O)OP(=O)(O)OC[C@H]1O[C@@H](n2cnc3c(N)ncnc32)[C@H](O)[C@@H]1O)C(=O)c1ccccc1-c1c2ccc(=[NH2+])c(S(=O)(=O)O)c-2oc2c(S(=O)(=O)[O-])c(N)ccc12. The molecule has 2 aromatic carbocycles. The molecule has 7 atom stereocenters. The van der Waals surface area contributed by atoms with Gasteiger partial charge in [-0.2, -0.15) is 8.42 Å². The number of amides is 2. The van der Waals surface area contributed by atoms with Crippen molar-refractivity contribution in [2.45, 2.75) is 72.9 Å². The Hall–Kier alpha value is -5.63. The summed E-state index contributed by atoms with van der Waals surface area (Å²) < 4.78 is 137. The number of ether oxygens (including phenoxy) is 1. The summed E-state index contributed by atoms with van der Waals surface area (Å²) in [6.07, 6.45) is -2.05. The molecule has 3 unspecified atom stereocenters. The molecule has 3 aliphatic rings. The molecule has 0 saturated carbocycles. The van der Waals surface area contributed by atoms with Gasteiger partial charge in [0.25, 0.3) is 5.91 Å². The number of nitrogen functional groups attached to an aromatic ring is 2. The van der Waals surface area contributed by atoms with E-state index in [2.05, 4.69) is 24.6 Å². The van der Waals surface area contributed by atoms with E-state index in [1.165, 1.54) is 53.2 Å². The molecule has 1 fully saturated rings. The van der Waals surface area contributed by atoms with Gasteiger partial charge in [0.05, 0.1) is 25.2 Å². The van der Waals surface area contributed by atoms with Crippen molar-refractivity contribution >= 4 is 88.7 Å². The van der Waals surface area contributed by atoms with Gasteiger partial charge >= 0.3 is 33.1 Å². The minimum Gasteiger partial charge on any atom is -0.744 e. The van der Waals surface area contributed by atoms with Crippen LogP contribution in [0.25, 0.3) is 44.6 Å². The summed E-state index contributed by atoms with van der Waals surface area (Å²) in [6, 6.07) is 11.0. The summed E-state index contributed by atoms with van der Waals surface area (Å²) in [6.45, 7) is -1.01. The average Bonchev–Trinajstić information content (AvgIpc) is 3.94. The number of hydrogen-bond acceptors (Lipinski definition) is 22. The number of aromatic nitrogens is 4. The number of phosphoric ester groups is 1. The zero-order chi connectivity index (χ0) is 56.4. The van der Waals surface area contributed by atoms with E-state index in [-0.39, 0.29) is 89.5 Å². The molecule has 77 heavy (non-hydrogen) atoms. The maximum atomic E-state index is 14.0. The number of unbranched alkanes of at least 4 members (excludes halogenated alkanes) is 3. The minimum absolute atomic E-state index is 0.00121. The van der Waals surface area contributed by atoms with Gasteiger partial charge in [0.2, 0.25) is 16.2 Å². The first-order chi connectivity index (χ1) is 36.0. The lowest BCUT2D eigenvalue weighted by Crippen LogP contribution is -2.47. The monoisotopic (exact) mass is 1180 g/mol. The van der Waals surface area contributed by atoms with Crippen molar-refractivity contribution in [1.29, 1.82) is 0 Å². The summed E-state index contributed by atoms with van der Waals surface area (Å²) >= 11 is 0. The third kappa shape index (κ3) is 13.8. The molecule has 2 aliphatic heterocycles. The molecular formula is C42H52N9O21P3S2. The highest BCUT2D eigenvalue weighted by Gasteiger charge is 2.47. The first-order valence-electron chi connectivity index (χ1n) is 22.9. The minimum atomic E-state index is -5.46. The molecule has 0 bridgehead atoms. The summed E-state index contributed by atoms with van der Waals surface area (Å²) in [5.41, 5.74) is 11.0. The van der Waals surface area contributed by atoms with Crippen LogP contribution in [-0.4, -0.2) is 145 Å². The molecule has 35 heteroatoms. The Morgan fingerprint density at radius 1 is 0.896 bits per heavy atom. The second kappa shape index (κ2) is 23.4. The van der Waals surface area contributed by atoms with E-state index in [1.807, 2.05) is 0 Å². The number of anilines is 2. The molecule has 2 amide bonds. The Balaban J connectivity index is 0.838. The van der Waals surface area contributed by atoms with Gasteiger partial charge in [0.15, 0.2) is 34.9 Å². The third-order valence-corrected chi connectivity index (χ3v) is 19.5. The number of imidazole rings is 1. The fraction of sp³-hybridized carbons (Fsp3) is 0.381. The molecule has 0 radical (unpaired) electrons. The number of benzene rings is 3. The van der Waals surface area contributed by atoms with E-state index >= 15 is 0 Å². The summed E-state index contributed by atoms with van der Waals surface area (Å²) in [5.74, 6) is -3.10. The molecule has 1 saturated heterocycles. The van der Waals surface area contributed by atoms with Crippen LogP contribution >= 0.6 is 23.0 Å². The van der Waals surface area contributed by atoms with Crippen molar-refractivity contribution < 1.29 is 102 Å². The lowest BCUT2D eigenvalue weighted by Gasteiger charge is -2.23. The van der Waals surface area contributed by atoms with Gasteiger partial charge in [0.1, 0.15) is 45.2 Å². The molecule has 4 heterocycles. The number of nitrogens with zero attached hydrogens (tertiary/aromatic N) is 5. The van der Waals surface area contributed by atoms with Crippen LogP contribution in [-0.2, 0) is 56.8 Å². The number of carbonyl (C=O) groups is 2. The Kier molecular flexibility index (Phi) is 17.9. The van der Waals surface area contributed by atoms with E-state index < -0.39 is 118 Å². The highest BCUT2D eigenvalue weighted by molar-refractivity contribution is 7.86. The topological polar surface area (TPSA) is 485 Å². The van der Waals surface area contributed by atoms with Crippen LogP contribution in [0, 0.1) is 0 Å². The van der Waals surface area contributed by atoms with Crippen LogP contribution in [0.2, 0.25) is 0 Å². The van der Waals surface area contributed by atoms with Gasteiger partial charge in [-0.3, -0.25) is 37.8 Å². The average molecular weight is 1180 g/mol. The van der Waals surface area contributed by atoms with Crippen molar-refractivity contribution in [3.63, 3.8) is 0 Å². The number of rotatable bonds is 24. The van der Waals surface area contributed by atoms with Crippen LogP contribution in [0.3, 0.4) is 0 Å². The van der Waals surface area contributed by atoms with Crippen molar-refractivity contribution in [1.82, 2.24) is 29.7 Å². The summed E-state index contributed by atoms with van der Waals surface area (Å²) in [5, 5.41) is 29.2. The summed E-state index contributed by atoms with van der Waals surface area (Å²) in [7, 11) is -24.7. The molecule has 13 N–H and O–H groups in total. The second-order valence-corrected chi connectivity index (χ2v) is 26.0. The number of phosphoric acid groups is 1. The predicted molar refractivity (Wildman–Crippen MR) is 266 cm³/mol. The van der Waals surface area contributed by atoms with E-state index in [1.54, 1.807) is 6.07 Å². The number of hydrogen-bond donors (Lipinski definition) is 10. The number of carbonyl (C=O) groups excluding carboxylic acids is 2. The second-order valence-electron chi connectivity index (χ2n) is 17.5. The molecule has 30 nitrogen and oxygen atoms in total. The normalized spacial score (nSPS) is 19.5. The third-order valence-electron chi connectivity index (χ3n) is 11.9. The Bertz CT molecular complexity index is 3640. The highest BCUT2D eigenvalue weighted by atomic mass is 32.2. The summed E-state index contributed by atoms with van der Waals surface area (Å²) in [4.78, 5) is 68.5. The first kappa shape index (κ1) is 59.0. The molecule has 0 spiro atoms. The lowest BCUT2D eigenvalue weighted by molar-refractivity contribution is -0.176. The lowest BCUT2D eigenvalue weighted by atomic mass is 9.90. The van der Waals surface area contributed by atoms with Crippen LogP contribution in [0.1, 0.15) is 55.1 Å². The number of aliphatic hydroxyl groups is 2.